The number of benzene rings is 2. The molecule has 0 aliphatic carbocycles. The molecule has 3 rings (SSSR count). The molecule has 0 spiro atoms. The Morgan fingerprint density at radius 1 is 1.15 bits per heavy atom. The smallest absolute Gasteiger partial charge is 0.270 e. The summed E-state index contributed by atoms with van der Waals surface area (Å²) in [6.07, 6.45) is 0. The van der Waals surface area contributed by atoms with Crippen LogP contribution in [0.25, 0.3) is 10.9 Å². The number of para-hydroxylation sites is 1. The molecule has 0 bridgehead atoms. The van der Waals surface area contributed by atoms with Crippen molar-refractivity contribution in [3.63, 3.8) is 0 Å². The minimum Gasteiger partial charge on any atom is -0.495 e. The molecule has 0 fully saturated rings. The second kappa shape index (κ2) is 8.20. The maximum atomic E-state index is 12.6. The minimum atomic E-state index is -0.320. The van der Waals surface area contributed by atoms with Gasteiger partial charge in [-0.05, 0) is 49.5 Å². The van der Waals surface area contributed by atoms with Gasteiger partial charge in [0.25, 0.3) is 5.91 Å². The van der Waals surface area contributed by atoms with Crippen LogP contribution in [0.5, 0.6) is 5.75 Å². The number of nitrogens with zero attached hydrogens (tertiary/aromatic N) is 1. The standard InChI is InChI=1S/C19H17ClN4O2S/c1-11-9-14(13-5-3-4-6-15(13)21-11)18(25)23-24-19(27)22-16-10-12(20)7-8-17(16)26-2/h3-10H,1-2H3,(H,23,25)(H2,22,24,27). The molecule has 3 N–H and O–H groups in total. The average molecular weight is 401 g/mol. The first-order valence-corrected chi connectivity index (χ1v) is 8.84. The number of nitrogens with one attached hydrogen (secondary N) is 3. The van der Waals surface area contributed by atoms with E-state index in [1.54, 1.807) is 31.4 Å². The molecule has 0 saturated heterocycles. The molecule has 0 aliphatic heterocycles. The highest BCUT2D eigenvalue weighted by Gasteiger charge is 2.12. The molecule has 0 unspecified atom stereocenters. The number of aromatic nitrogens is 1. The van der Waals surface area contributed by atoms with Crippen molar-refractivity contribution in [1.82, 2.24) is 15.8 Å². The van der Waals surface area contributed by atoms with Crippen molar-refractivity contribution in [1.29, 1.82) is 0 Å². The first-order valence-electron chi connectivity index (χ1n) is 8.05. The summed E-state index contributed by atoms with van der Waals surface area (Å²) in [5.74, 6) is 0.254. The number of amides is 1. The summed E-state index contributed by atoms with van der Waals surface area (Å²) < 4.78 is 5.25. The van der Waals surface area contributed by atoms with E-state index < -0.39 is 0 Å². The lowest BCUT2D eigenvalue weighted by molar-refractivity contribution is 0.0945. The predicted molar refractivity (Wildman–Crippen MR) is 111 cm³/mol. The number of aryl methyl sites for hydroxylation is 1. The Bertz CT molecular complexity index is 1030. The Balaban J connectivity index is 1.71. The van der Waals surface area contributed by atoms with Crippen molar-refractivity contribution < 1.29 is 9.53 Å². The van der Waals surface area contributed by atoms with Gasteiger partial charge in [-0.3, -0.25) is 20.6 Å². The molecular formula is C19H17ClN4O2S. The normalized spacial score (nSPS) is 10.3. The fraction of sp³-hybridized carbons (Fsp3) is 0.105. The molecule has 0 saturated carbocycles. The topological polar surface area (TPSA) is 75.3 Å². The van der Waals surface area contributed by atoms with E-state index >= 15 is 0 Å². The van der Waals surface area contributed by atoms with Gasteiger partial charge in [0.1, 0.15) is 5.75 Å². The number of hydrazine groups is 1. The number of anilines is 1. The van der Waals surface area contributed by atoms with Gasteiger partial charge in [0.05, 0.1) is 23.9 Å². The predicted octanol–water partition coefficient (Wildman–Crippen LogP) is 3.84. The summed E-state index contributed by atoms with van der Waals surface area (Å²) >= 11 is 11.2. The fourth-order valence-corrected chi connectivity index (χ4v) is 2.94. The molecule has 1 heterocycles. The molecule has 6 nitrogen and oxygen atoms in total. The second-order valence-electron chi connectivity index (χ2n) is 5.71. The second-order valence-corrected chi connectivity index (χ2v) is 6.55. The summed E-state index contributed by atoms with van der Waals surface area (Å²) in [6, 6.07) is 14.3. The highest BCUT2D eigenvalue weighted by atomic mass is 35.5. The average Bonchev–Trinajstić information content (AvgIpc) is 2.65. The zero-order chi connectivity index (χ0) is 19.4. The van der Waals surface area contributed by atoms with Gasteiger partial charge < -0.3 is 10.1 Å². The van der Waals surface area contributed by atoms with Crippen LogP contribution in [-0.2, 0) is 0 Å². The number of carbonyl (C=O) groups is 1. The number of hydrogen-bond donors (Lipinski definition) is 3. The van der Waals surface area contributed by atoms with Gasteiger partial charge in [-0.1, -0.05) is 29.8 Å². The van der Waals surface area contributed by atoms with Crippen LogP contribution in [0.3, 0.4) is 0 Å². The molecule has 0 radical (unpaired) electrons. The molecule has 0 atom stereocenters. The Kier molecular flexibility index (Phi) is 5.73. The molecule has 1 amide bonds. The van der Waals surface area contributed by atoms with Gasteiger partial charge >= 0.3 is 0 Å². The van der Waals surface area contributed by atoms with Crippen molar-refractivity contribution in [2.75, 3.05) is 12.4 Å². The van der Waals surface area contributed by atoms with E-state index in [1.807, 2.05) is 31.2 Å². The zero-order valence-electron chi connectivity index (χ0n) is 14.7. The van der Waals surface area contributed by atoms with Crippen LogP contribution >= 0.6 is 23.8 Å². The summed E-state index contributed by atoms with van der Waals surface area (Å²) in [5.41, 5.74) is 7.88. The Morgan fingerprint density at radius 3 is 2.70 bits per heavy atom. The fourth-order valence-electron chi connectivity index (χ4n) is 2.61. The molecule has 138 valence electrons. The first-order chi connectivity index (χ1) is 13.0. The Morgan fingerprint density at radius 2 is 1.93 bits per heavy atom. The third kappa shape index (κ3) is 4.45. The van der Waals surface area contributed by atoms with E-state index in [9.17, 15) is 4.79 Å². The number of hydrogen-bond acceptors (Lipinski definition) is 4. The maximum Gasteiger partial charge on any atom is 0.270 e. The number of thiocarbonyl (C=S) groups is 1. The highest BCUT2D eigenvalue weighted by Crippen LogP contribution is 2.27. The first kappa shape index (κ1) is 18.9. The SMILES string of the molecule is COc1ccc(Cl)cc1NC(=S)NNC(=O)c1cc(C)nc2ccccc12. The molecular weight excluding hydrogens is 384 g/mol. The van der Waals surface area contributed by atoms with Crippen molar-refractivity contribution in [3.05, 3.63) is 64.8 Å². The molecule has 0 aliphatic rings. The lowest BCUT2D eigenvalue weighted by atomic mass is 10.1. The molecule has 3 aromatic rings. The summed E-state index contributed by atoms with van der Waals surface area (Å²) in [4.78, 5) is 17.0. The largest absolute Gasteiger partial charge is 0.495 e. The lowest BCUT2D eigenvalue weighted by Gasteiger charge is -2.15. The zero-order valence-corrected chi connectivity index (χ0v) is 16.2. The number of methoxy groups -OCH3 is 1. The summed E-state index contributed by atoms with van der Waals surface area (Å²) in [5, 5.41) is 4.43. The molecule has 8 heteroatoms. The van der Waals surface area contributed by atoms with Crippen molar-refractivity contribution in [2.45, 2.75) is 6.92 Å². The van der Waals surface area contributed by atoms with Gasteiger partial charge in [-0.15, -0.1) is 0 Å². The quantitative estimate of drug-likeness (QED) is 0.458. The van der Waals surface area contributed by atoms with E-state index in [0.29, 0.717) is 22.0 Å². The van der Waals surface area contributed by atoms with Crippen LogP contribution < -0.4 is 20.9 Å². The minimum absolute atomic E-state index is 0.194. The number of fused-ring (bicyclic) bond motifs is 1. The van der Waals surface area contributed by atoms with Gasteiger partial charge in [-0.25, -0.2) is 0 Å². The third-order valence-corrected chi connectivity index (χ3v) is 4.23. The number of carbonyl (C=O) groups excluding carboxylic acids is 1. The van der Waals surface area contributed by atoms with Crippen LogP contribution in [0.15, 0.2) is 48.5 Å². The molecule has 27 heavy (non-hydrogen) atoms. The van der Waals surface area contributed by atoms with Crippen LogP contribution in [0, 0.1) is 6.92 Å². The summed E-state index contributed by atoms with van der Waals surface area (Å²) in [7, 11) is 1.55. The number of halogens is 1. The Labute approximate surface area is 166 Å². The van der Waals surface area contributed by atoms with Crippen LogP contribution in [-0.4, -0.2) is 23.1 Å². The van der Waals surface area contributed by atoms with E-state index in [4.69, 9.17) is 28.6 Å². The van der Waals surface area contributed by atoms with Crippen molar-refractivity contribution in [2.24, 2.45) is 0 Å². The van der Waals surface area contributed by atoms with E-state index in [2.05, 4.69) is 21.2 Å². The van der Waals surface area contributed by atoms with E-state index in [-0.39, 0.29) is 11.0 Å². The monoisotopic (exact) mass is 400 g/mol. The van der Waals surface area contributed by atoms with E-state index in [0.717, 1.165) is 16.6 Å². The molecule has 2 aromatic carbocycles. The van der Waals surface area contributed by atoms with Crippen LogP contribution in [0.1, 0.15) is 16.1 Å². The van der Waals surface area contributed by atoms with Crippen molar-refractivity contribution >= 4 is 51.4 Å². The van der Waals surface area contributed by atoms with Gasteiger partial charge in [0.2, 0.25) is 0 Å². The van der Waals surface area contributed by atoms with Crippen LogP contribution in [0.2, 0.25) is 5.02 Å². The summed E-state index contributed by atoms with van der Waals surface area (Å²) in [6.45, 7) is 1.84. The number of pyridine rings is 1. The highest BCUT2D eigenvalue weighted by molar-refractivity contribution is 7.80. The number of ether oxygens (including phenoxy) is 1. The van der Waals surface area contributed by atoms with Crippen LogP contribution in [0.4, 0.5) is 5.69 Å². The van der Waals surface area contributed by atoms with Crippen molar-refractivity contribution in [3.8, 4) is 5.75 Å². The molecule has 1 aromatic heterocycles. The maximum absolute atomic E-state index is 12.6. The van der Waals surface area contributed by atoms with E-state index in [1.165, 1.54) is 0 Å². The van der Waals surface area contributed by atoms with Gasteiger partial charge in [0.15, 0.2) is 5.11 Å². The number of rotatable bonds is 3. The Hall–Kier alpha value is -2.90. The lowest BCUT2D eigenvalue weighted by Crippen LogP contribution is -2.43. The van der Waals surface area contributed by atoms with Gasteiger partial charge in [-0.2, -0.15) is 0 Å². The van der Waals surface area contributed by atoms with Gasteiger partial charge in [0, 0.05) is 16.1 Å². The third-order valence-electron chi connectivity index (χ3n) is 3.79.